The van der Waals surface area contributed by atoms with Crippen molar-refractivity contribution in [1.29, 1.82) is 0 Å². The highest BCUT2D eigenvalue weighted by atomic mass is 19.1. The molecule has 0 unspecified atom stereocenters. The van der Waals surface area contributed by atoms with Gasteiger partial charge in [-0.15, -0.1) is 0 Å². The maximum Gasteiger partial charge on any atom is 0.259 e. The normalized spacial score (nSPS) is 10.5. The van der Waals surface area contributed by atoms with E-state index < -0.39 is 0 Å². The van der Waals surface area contributed by atoms with Crippen molar-refractivity contribution in [1.82, 2.24) is 9.97 Å². The van der Waals surface area contributed by atoms with Crippen LogP contribution in [-0.2, 0) is 0 Å². The zero-order valence-electron chi connectivity index (χ0n) is 16.2. The number of aryl methyl sites for hydroxylation is 1. The average Bonchev–Trinajstić information content (AvgIpc) is 2.76. The Bertz CT molecular complexity index is 1180. The highest BCUT2D eigenvalue weighted by Gasteiger charge is 2.15. The third-order valence-corrected chi connectivity index (χ3v) is 4.43. The summed E-state index contributed by atoms with van der Waals surface area (Å²) in [6.07, 6.45) is 1.47. The Morgan fingerprint density at radius 1 is 0.933 bits per heavy atom. The summed E-state index contributed by atoms with van der Waals surface area (Å²) >= 11 is 0. The molecule has 1 heterocycles. The molecule has 4 rings (SSSR count). The van der Waals surface area contributed by atoms with Crippen LogP contribution >= 0.6 is 0 Å². The summed E-state index contributed by atoms with van der Waals surface area (Å²) in [6.45, 7) is 1.73. The van der Waals surface area contributed by atoms with Crippen molar-refractivity contribution in [2.75, 3.05) is 5.32 Å². The predicted molar refractivity (Wildman–Crippen MR) is 113 cm³/mol. The van der Waals surface area contributed by atoms with Crippen molar-refractivity contribution in [3.63, 3.8) is 0 Å². The van der Waals surface area contributed by atoms with Gasteiger partial charge in [0.2, 0.25) is 0 Å². The molecular formula is C24H18FN3O2. The molecule has 0 aliphatic rings. The number of nitrogens with zero attached hydrogens (tertiary/aromatic N) is 2. The fourth-order valence-corrected chi connectivity index (χ4v) is 2.89. The van der Waals surface area contributed by atoms with Crippen molar-refractivity contribution in [2.45, 2.75) is 6.92 Å². The smallest absolute Gasteiger partial charge is 0.259 e. The van der Waals surface area contributed by atoms with Crippen molar-refractivity contribution >= 4 is 11.6 Å². The number of ether oxygens (including phenoxy) is 1. The Balaban J connectivity index is 1.55. The summed E-state index contributed by atoms with van der Waals surface area (Å²) in [6, 6.07) is 22.4. The quantitative estimate of drug-likeness (QED) is 0.472. The van der Waals surface area contributed by atoms with Crippen LogP contribution in [0.5, 0.6) is 11.5 Å². The molecule has 6 heteroatoms. The number of anilines is 1. The van der Waals surface area contributed by atoms with E-state index in [-0.39, 0.29) is 11.7 Å². The van der Waals surface area contributed by atoms with Crippen molar-refractivity contribution in [2.24, 2.45) is 0 Å². The molecule has 148 valence electrons. The van der Waals surface area contributed by atoms with Crippen molar-refractivity contribution < 1.29 is 13.9 Å². The highest BCUT2D eigenvalue weighted by molar-refractivity contribution is 6.05. The van der Waals surface area contributed by atoms with Crippen LogP contribution in [0.15, 0.2) is 85.1 Å². The molecule has 0 aliphatic carbocycles. The molecule has 1 N–H and O–H groups in total. The first-order valence-corrected chi connectivity index (χ1v) is 9.33. The van der Waals surface area contributed by atoms with E-state index in [1.54, 1.807) is 31.2 Å². The summed E-state index contributed by atoms with van der Waals surface area (Å²) in [7, 11) is 0. The van der Waals surface area contributed by atoms with Gasteiger partial charge in [-0.05, 0) is 55.5 Å². The molecule has 0 radical (unpaired) electrons. The van der Waals surface area contributed by atoms with E-state index in [1.807, 2.05) is 42.5 Å². The second-order valence-electron chi connectivity index (χ2n) is 6.56. The molecule has 4 aromatic rings. The number of carbonyl (C=O) groups is 1. The highest BCUT2D eigenvalue weighted by Crippen LogP contribution is 2.29. The third kappa shape index (κ3) is 4.33. The maximum atomic E-state index is 13.1. The number of hydrogen-bond donors (Lipinski definition) is 1. The lowest BCUT2D eigenvalue weighted by Gasteiger charge is -2.13. The molecule has 0 aliphatic heterocycles. The molecule has 3 aromatic carbocycles. The molecule has 30 heavy (non-hydrogen) atoms. The van der Waals surface area contributed by atoms with Crippen LogP contribution in [0.4, 0.5) is 10.1 Å². The number of benzene rings is 3. The minimum absolute atomic E-state index is 0.331. The monoisotopic (exact) mass is 399 g/mol. The van der Waals surface area contributed by atoms with Crippen LogP contribution in [0.3, 0.4) is 0 Å². The van der Waals surface area contributed by atoms with Gasteiger partial charge < -0.3 is 10.1 Å². The van der Waals surface area contributed by atoms with Crippen molar-refractivity contribution in [3.8, 4) is 22.9 Å². The molecule has 1 aromatic heterocycles. The van der Waals surface area contributed by atoms with Crippen LogP contribution in [0.2, 0.25) is 0 Å². The molecular weight excluding hydrogens is 381 g/mol. The Hall–Kier alpha value is -4.06. The van der Waals surface area contributed by atoms with E-state index in [0.29, 0.717) is 39.8 Å². The Labute approximate surface area is 173 Å². The van der Waals surface area contributed by atoms with Gasteiger partial charge in [-0.25, -0.2) is 14.4 Å². The lowest BCUT2D eigenvalue weighted by molar-refractivity contribution is 0.102. The number of rotatable bonds is 5. The number of carbonyl (C=O) groups excluding carboxylic acids is 1. The van der Waals surface area contributed by atoms with Gasteiger partial charge in [-0.3, -0.25) is 4.79 Å². The maximum absolute atomic E-state index is 13.1. The van der Waals surface area contributed by atoms with E-state index in [0.717, 1.165) is 0 Å². The summed E-state index contributed by atoms with van der Waals surface area (Å²) < 4.78 is 19.0. The Kier molecular flexibility index (Phi) is 5.48. The van der Waals surface area contributed by atoms with Gasteiger partial charge in [-0.1, -0.05) is 30.3 Å². The summed E-state index contributed by atoms with van der Waals surface area (Å²) in [4.78, 5) is 21.5. The number of aromatic nitrogens is 2. The molecule has 0 fully saturated rings. The van der Waals surface area contributed by atoms with E-state index in [4.69, 9.17) is 4.74 Å². The molecule has 0 bridgehead atoms. The molecule has 0 saturated carbocycles. The predicted octanol–water partition coefficient (Wildman–Crippen LogP) is 5.64. The fourth-order valence-electron chi connectivity index (χ4n) is 2.89. The zero-order valence-corrected chi connectivity index (χ0v) is 16.2. The van der Waals surface area contributed by atoms with E-state index >= 15 is 0 Å². The minimum Gasteiger partial charge on any atom is -0.455 e. The van der Waals surface area contributed by atoms with Crippen LogP contribution in [-0.4, -0.2) is 15.9 Å². The summed E-state index contributed by atoms with van der Waals surface area (Å²) in [5, 5.41) is 2.86. The standard InChI is InChI=1S/C24H18FN3O2/c1-16-20(15-26-23(27-16)17-11-13-18(25)14-12-17)24(29)28-21-9-5-6-10-22(21)30-19-7-3-2-4-8-19/h2-15H,1H3,(H,28,29). The van der Waals surface area contributed by atoms with Crippen molar-refractivity contribution in [3.05, 3.63) is 102 Å². The van der Waals surface area contributed by atoms with Gasteiger partial charge in [0.1, 0.15) is 11.6 Å². The molecule has 0 saturated heterocycles. The largest absolute Gasteiger partial charge is 0.455 e. The lowest BCUT2D eigenvalue weighted by Crippen LogP contribution is -2.15. The first-order chi connectivity index (χ1) is 14.6. The van der Waals surface area contributed by atoms with Gasteiger partial charge in [0.15, 0.2) is 11.6 Å². The van der Waals surface area contributed by atoms with Gasteiger partial charge >= 0.3 is 0 Å². The number of halogens is 1. The second kappa shape index (κ2) is 8.53. The number of hydrogen-bond acceptors (Lipinski definition) is 4. The van der Waals surface area contributed by atoms with Gasteiger partial charge in [0.05, 0.1) is 16.9 Å². The Morgan fingerprint density at radius 2 is 1.63 bits per heavy atom. The van der Waals surface area contributed by atoms with Crippen LogP contribution in [0.25, 0.3) is 11.4 Å². The summed E-state index contributed by atoms with van der Waals surface area (Å²) in [5.74, 6) is 0.947. The van der Waals surface area contributed by atoms with Gasteiger partial charge in [0.25, 0.3) is 5.91 Å². The van der Waals surface area contributed by atoms with Crippen LogP contribution in [0.1, 0.15) is 16.1 Å². The fraction of sp³-hybridized carbons (Fsp3) is 0.0417. The molecule has 0 atom stereocenters. The topological polar surface area (TPSA) is 64.1 Å². The average molecular weight is 399 g/mol. The SMILES string of the molecule is Cc1nc(-c2ccc(F)cc2)ncc1C(=O)Nc1ccccc1Oc1ccccc1. The molecule has 5 nitrogen and oxygen atoms in total. The second-order valence-corrected chi connectivity index (χ2v) is 6.56. The van der Waals surface area contributed by atoms with Gasteiger partial charge in [-0.2, -0.15) is 0 Å². The summed E-state index contributed by atoms with van der Waals surface area (Å²) in [5.41, 5.74) is 2.07. The molecule has 1 amide bonds. The zero-order chi connectivity index (χ0) is 20.9. The Morgan fingerprint density at radius 3 is 2.37 bits per heavy atom. The van der Waals surface area contributed by atoms with Crippen LogP contribution < -0.4 is 10.1 Å². The molecule has 0 spiro atoms. The minimum atomic E-state index is -0.345. The number of amides is 1. The van der Waals surface area contributed by atoms with Gasteiger partial charge in [0, 0.05) is 11.8 Å². The first-order valence-electron chi connectivity index (χ1n) is 9.33. The number of nitrogens with one attached hydrogen (secondary N) is 1. The first kappa shape index (κ1) is 19.3. The van der Waals surface area contributed by atoms with E-state index in [9.17, 15) is 9.18 Å². The lowest BCUT2D eigenvalue weighted by atomic mass is 10.1. The third-order valence-electron chi connectivity index (χ3n) is 4.43. The van der Waals surface area contributed by atoms with E-state index in [2.05, 4.69) is 15.3 Å². The van der Waals surface area contributed by atoms with Crippen LogP contribution in [0, 0.1) is 12.7 Å². The van der Waals surface area contributed by atoms with E-state index in [1.165, 1.54) is 18.3 Å². The number of para-hydroxylation sites is 3.